The van der Waals surface area contributed by atoms with E-state index in [1.807, 2.05) is 42.5 Å². The lowest BCUT2D eigenvalue weighted by Crippen LogP contribution is -1.82. The second-order valence-corrected chi connectivity index (χ2v) is 4.32. The highest BCUT2D eigenvalue weighted by Gasteiger charge is 2.03. The summed E-state index contributed by atoms with van der Waals surface area (Å²) in [5.41, 5.74) is 2.83. The van der Waals surface area contributed by atoms with Crippen molar-refractivity contribution in [2.75, 3.05) is 0 Å². The Morgan fingerprint density at radius 2 is 1.65 bits per heavy atom. The summed E-state index contributed by atoms with van der Waals surface area (Å²) in [4.78, 5) is 4.21. The Kier molecular flexibility index (Phi) is 4.58. The van der Waals surface area contributed by atoms with E-state index in [4.69, 9.17) is 0 Å². The van der Waals surface area contributed by atoms with Gasteiger partial charge in [0.15, 0.2) is 0 Å². The van der Waals surface area contributed by atoms with Crippen molar-refractivity contribution in [1.29, 1.82) is 0 Å². The van der Waals surface area contributed by atoms with Crippen LogP contribution < -0.4 is 0 Å². The molecule has 20 heavy (non-hydrogen) atoms. The van der Waals surface area contributed by atoms with E-state index in [2.05, 4.69) is 23.2 Å². The molecule has 0 saturated carbocycles. The molecule has 1 aromatic heterocycles. The molecular formula is C17H13AlNO. The number of phenolic OH excluding ortho intramolecular Hbond substituents is 1. The molecule has 1 heterocycles. The van der Waals surface area contributed by atoms with Gasteiger partial charge in [0.25, 0.3) is 0 Å². The number of hydrogen-bond acceptors (Lipinski definition) is 2. The van der Waals surface area contributed by atoms with Crippen LogP contribution in [0.1, 0.15) is 11.1 Å². The monoisotopic (exact) mass is 274 g/mol. The largest absolute Gasteiger partial charge is 0.506 e. The number of benzene rings is 2. The van der Waals surface area contributed by atoms with Crippen LogP contribution >= 0.6 is 0 Å². The van der Waals surface area contributed by atoms with E-state index >= 15 is 0 Å². The van der Waals surface area contributed by atoms with Gasteiger partial charge in [0.05, 0.1) is 0 Å². The molecule has 0 spiro atoms. The Morgan fingerprint density at radius 3 is 2.45 bits per heavy atom. The molecule has 0 aliphatic carbocycles. The van der Waals surface area contributed by atoms with Crippen LogP contribution in [0.3, 0.4) is 0 Å². The molecular weight excluding hydrogens is 261 g/mol. The Hall–Kier alpha value is -2.08. The van der Waals surface area contributed by atoms with Crippen molar-refractivity contribution < 1.29 is 5.11 Å². The predicted molar refractivity (Wildman–Crippen MR) is 84.5 cm³/mol. The number of nitrogens with zero attached hydrogens (tertiary/aromatic N) is 1. The van der Waals surface area contributed by atoms with Gasteiger partial charge in [-0.25, -0.2) is 0 Å². The number of pyridine rings is 1. The standard InChI is InChI=1S/C17H13NO.Al/c19-16-11-10-14(15-7-4-12-18-17(15)16)9-8-13-5-2-1-3-6-13;/h1-12,19H;. The molecule has 0 saturated heterocycles. The summed E-state index contributed by atoms with van der Waals surface area (Å²) in [5.74, 6) is 0.215. The van der Waals surface area contributed by atoms with E-state index in [1.54, 1.807) is 12.3 Å². The lowest BCUT2D eigenvalue weighted by Gasteiger charge is -2.03. The molecule has 3 heteroatoms. The molecule has 1 N–H and O–H groups in total. The quantitative estimate of drug-likeness (QED) is 0.570. The molecule has 0 amide bonds. The van der Waals surface area contributed by atoms with Crippen molar-refractivity contribution in [3.63, 3.8) is 0 Å². The first-order valence-corrected chi connectivity index (χ1v) is 6.14. The Bertz CT molecular complexity index is 738. The van der Waals surface area contributed by atoms with Crippen LogP contribution in [0.25, 0.3) is 23.1 Å². The summed E-state index contributed by atoms with van der Waals surface area (Å²) < 4.78 is 0. The molecule has 0 fully saturated rings. The van der Waals surface area contributed by atoms with Gasteiger partial charge >= 0.3 is 0 Å². The Morgan fingerprint density at radius 1 is 0.850 bits per heavy atom. The molecule has 0 bridgehead atoms. The van der Waals surface area contributed by atoms with Crippen LogP contribution in [0, 0.1) is 0 Å². The molecule has 0 atom stereocenters. The summed E-state index contributed by atoms with van der Waals surface area (Å²) >= 11 is 0. The van der Waals surface area contributed by atoms with Gasteiger partial charge in [0, 0.05) is 28.9 Å². The molecule has 0 aliphatic heterocycles. The van der Waals surface area contributed by atoms with Crippen LogP contribution in [0.5, 0.6) is 5.75 Å². The number of aromatic hydroxyl groups is 1. The predicted octanol–water partition coefficient (Wildman–Crippen LogP) is 3.73. The molecule has 3 aromatic rings. The minimum Gasteiger partial charge on any atom is -0.506 e. The third kappa shape index (κ3) is 2.91. The van der Waals surface area contributed by atoms with E-state index in [-0.39, 0.29) is 23.1 Å². The molecule has 0 unspecified atom stereocenters. The van der Waals surface area contributed by atoms with Crippen LogP contribution in [0.4, 0.5) is 0 Å². The van der Waals surface area contributed by atoms with Gasteiger partial charge in [-0.15, -0.1) is 0 Å². The molecule has 0 aliphatic rings. The molecule has 3 rings (SSSR count). The van der Waals surface area contributed by atoms with E-state index < -0.39 is 0 Å². The lowest BCUT2D eigenvalue weighted by atomic mass is 10.1. The summed E-state index contributed by atoms with van der Waals surface area (Å²) in [5, 5.41) is 10.7. The van der Waals surface area contributed by atoms with Gasteiger partial charge in [-0.3, -0.25) is 4.98 Å². The van der Waals surface area contributed by atoms with Crippen LogP contribution in [0.2, 0.25) is 0 Å². The van der Waals surface area contributed by atoms with Gasteiger partial charge in [-0.05, 0) is 23.3 Å². The fourth-order valence-corrected chi connectivity index (χ4v) is 2.08. The van der Waals surface area contributed by atoms with Crippen LogP contribution in [0.15, 0.2) is 60.8 Å². The molecule has 95 valence electrons. The molecule has 3 radical (unpaired) electrons. The first kappa shape index (κ1) is 14.3. The minimum absolute atomic E-state index is 0. The van der Waals surface area contributed by atoms with Crippen molar-refractivity contribution in [3.8, 4) is 5.75 Å². The second kappa shape index (κ2) is 6.38. The summed E-state index contributed by atoms with van der Waals surface area (Å²) in [6.45, 7) is 0. The summed E-state index contributed by atoms with van der Waals surface area (Å²) in [6.07, 6.45) is 5.78. The van der Waals surface area contributed by atoms with E-state index in [0.717, 1.165) is 16.5 Å². The zero-order valence-electron chi connectivity index (χ0n) is 10.9. The zero-order chi connectivity index (χ0) is 13.1. The van der Waals surface area contributed by atoms with Crippen molar-refractivity contribution >= 4 is 40.4 Å². The maximum atomic E-state index is 9.79. The number of aromatic nitrogens is 1. The lowest BCUT2D eigenvalue weighted by molar-refractivity contribution is 0.480. The molecule has 2 nitrogen and oxygen atoms in total. The topological polar surface area (TPSA) is 33.1 Å². The second-order valence-electron chi connectivity index (χ2n) is 4.32. The van der Waals surface area contributed by atoms with Gasteiger partial charge in [-0.2, -0.15) is 0 Å². The Labute approximate surface area is 128 Å². The average Bonchev–Trinajstić information content (AvgIpc) is 2.48. The fraction of sp³-hybridized carbons (Fsp3) is 0. The van der Waals surface area contributed by atoms with Crippen LogP contribution in [-0.4, -0.2) is 27.5 Å². The fourth-order valence-electron chi connectivity index (χ4n) is 2.08. The maximum Gasteiger partial charge on any atom is 0.141 e. The highest BCUT2D eigenvalue weighted by atomic mass is 27.0. The number of phenols is 1. The number of hydrogen-bond donors (Lipinski definition) is 1. The van der Waals surface area contributed by atoms with E-state index in [9.17, 15) is 5.11 Å². The maximum absolute atomic E-state index is 9.79. The zero-order valence-corrected chi connectivity index (χ0v) is 12.1. The van der Waals surface area contributed by atoms with Crippen molar-refractivity contribution in [2.24, 2.45) is 0 Å². The normalized spacial score (nSPS) is 10.6. The SMILES string of the molecule is Oc1ccc(C=Cc2ccccc2)c2cccnc12.[Al]. The average molecular weight is 274 g/mol. The molecule has 2 aromatic carbocycles. The van der Waals surface area contributed by atoms with Crippen LogP contribution in [-0.2, 0) is 0 Å². The van der Waals surface area contributed by atoms with Gasteiger partial charge < -0.3 is 5.11 Å². The van der Waals surface area contributed by atoms with Gasteiger partial charge in [-0.1, -0.05) is 54.6 Å². The Balaban J connectivity index is 0.00000147. The van der Waals surface area contributed by atoms with Gasteiger partial charge in [0.1, 0.15) is 11.3 Å². The van der Waals surface area contributed by atoms with Crippen molar-refractivity contribution in [3.05, 3.63) is 71.9 Å². The summed E-state index contributed by atoms with van der Waals surface area (Å²) in [6, 6.07) is 17.5. The first-order chi connectivity index (χ1) is 9.34. The number of fused-ring (bicyclic) bond motifs is 1. The van der Waals surface area contributed by atoms with E-state index in [0.29, 0.717) is 5.52 Å². The van der Waals surface area contributed by atoms with E-state index in [1.165, 1.54) is 0 Å². The third-order valence-corrected chi connectivity index (χ3v) is 3.04. The smallest absolute Gasteiger partial charge is 0.141 e. The highest BCUT2D eigenvalue weighted by Crippen LogP contribution is 2.26. The summed E-state index contributed by atoms with van der Waals surface area (Å²) in [7, 11) is 0. The number of rotatable bonds is 2. The van der Waals surface area contributed by atoms with Crippen molar-refractivity contribution in [2.45, 2.75) is 0 Å². The minimum atomic E-state index is 0. The van der Waals surface area contributed by atoms with Crippen molar-refractivity contribution in [1.82, 2.24) is 4.98 Å². The van der Waals surface area contributed by atoms with Gasteiger partial charge in [0.2, 0.25) is 0 Å². The third-order valence-electron chi connectivity index (χ3n) is 3.04. The first-order valence-electron chi connectivity index (χ1n) is 6.14. The highest BCUT2D eigenvalue weighted by molar-refractivity contribution is 5.93.